The molecule has 0 aliphatic carbocycles. The van der Waals surface area contributed by atoms with Crippen LogP contribution in [0.25, 0.3) is 66.9 Å². The van der Waals surface area contributed by atoms with E-state index >= 15 is 0 Å². The van der Waals surface area contributed by atoms with Gasteiger partial charge < -0.3 is 99.5 Å². The lowest BCUT2D eigenvalue weighted by molar-refractivity contribution is -0.112. The van der Waals surface area contributed by atoms with E-state index in [4.69, 9.17) is 38.9 Å². The van der Waals surface area contributed by atoms with Gasteiger partial charge in [-0.1, -0.05) is 75.8 Å². The lowest BCUT2D eigenvalue weighted by Gasteiger charge is -2.23. The van der Waals surface area contributed by atoms with Crippen LogP contribution in [-0.2, 0) is 32.6 Å². The van der Waals surface area contributed by atoms with E-state index in [1.54, 1.807) is 38.2 Å². The van der Waals surface area contributed by atoms with Gasteiger partial charge in [-0.15, -0.1) is 0 Å². The number of carbonyl (C=O) groups is 3. The lowest BCUT2D eigenvalue weighted by Crippen LogP contribution is -2.28. The first-order valence-electron chi connectivity index (χ1n) is 38.5. The molecular weight excluding hydrogens is 1510 g/mol. The summed E-state index contributed by atoms with van der Waals surface area (Å²) >= 11 is 0. The van der Waals surface area contributed by atoms with E-state index in [9.17, 15) is 19.5 Å². The minimum atomic E-state index is -1.21. The summed E-state index contributed by atoms with van der Waals surface area (Å²) in [6.45, 7) is 23.9. The molecule has 0 atom stereocenters. The Balaban J connectivity index is 0.000000187. The molecule has 0 aliphatic heterocycles. The van der Waals surface area contributed by atoms with Gasteiger partial charge in [0.15, 0.2) is 0 Å². The first kappa shape index (κ1) is 87.4. The molecule has 29 nitrogen and oxygen atoms in total. The van der Waals surface area contributed by atoms with E-state index in [1.807, 2.05) is 172 Å². The third-order valence-electron chi connectivity index (χ3n) is 19.1. The second kappa shape index (κ2) is 41.0. The predicted molar refractivity (Wildman–Crippen MR) is 482 cm³/mol. The van der Waals surface area contributed by atoms with E-state index < -0.39 is 8.07 Å². The van der Waals surface area contributed by atoms with Crippen molar-refractivity contribution in [1.29, 1.82) is 0 Å². The number of likely N-dealkylation sites (N-methyl/N-ethyl adjacent to an activating group) is 6. The monoisotopic (exact) mass is 1620 g/mol. The van der Waals surface area contributed by atoms with Crippen LogP contribution in [0.1, 0.15) is 0 Å². The average Bonchev–Trinajstić information content (AvgIpc) is 1.60. The number of nitrogens with one attached hydrogen (secondary N) is 7. The highest BCUT2D eigenvalue weighted by molar-refractivity contribution is 6.76. The number of hydrogen-bond acceptors (Lipinski definition) is 23. The summed E-state index contributed by atoms with van der Waals surface area (Å²) in [6.07, 6.45) is 9.27. The highest BCUT2D eigenvalue weighted by atomic mass is 28.3. The summed E-state index contributed by atoms with van der Waals surface area (Å²) in [6, 6.07) is 47.3. The number of rotatable bonds is 36. The Morgan fingerprint density at radius 3 is 1.18 bits per heavy atom. The van der Waals surface area contributed by atoms with E-state index in [0.717, 1.165) is 124 Å². The molecule has 118 heavy (non-hydrogen) atoms. The standard InChI is InChI=1S/C33H45N7O3Si.C28H33N7O3.C27H31N7O2/c1-9-30(41)34-25-12-10-11-24(21-25)31-27-15-16-40(23-43-19-20-44(6,7)8)32(27)37-33(36-31)35-28-14-13-26(22-29(28)42-5)39(4)18-17-38(2)3;1-6-25(37)29-20-9-7-8-19(16-20)26-22-12-13-35(18-36)27(22)32-28(31-26)30-23-11-10-21(17-24(23)38-5)34(4)15-14-33(2)3;1-6-24(35)29-19-9-7-8-18(16-19)25-21-12-13-28-26(21)32-27(31-25)30-22-11-10-20(17-23(22)36-5)34(4)15-14-33(2)3/h9-16,21-22H,1,17-20,23H2,2-8H3,(H,34,41)(H,35,36,37);6-13,16-17,36H,1,14-15,18H2,2-5H3,(H,29,37)(H,30,31,32);6-13,16-17H,1,14-15H2,2-5H3,(H,29,35)(H2,28,30,31,32). The van der Waals surface area contributed by atoms with Gasteiger partial charge in [-0.3, -0.25) is 14.4 Å². The van der Waals surface area contributed by atoms with Gasteiger partial charge in [-0.2, -0.15) is 15.0 Å². The van der Waals surface area contributed by atoms with Crippen molar-refractivity contribution in [1.82, 2.24) is 58.7 Å². The second-order valence-electron chi connectivity index (χ2n) is 30.0. The van der Waals surface area contributed by atoms with Crippen LogP contribution in [0, 0.1) is 0 Å². The number of ether oxygens (including phenoxy) is 4. The Bertz CT molecular complexity index is 5480. The number of carbonyl (C=O) groups excluding carboxylic acids is 3. The number of aromatic amines is 1. The van der Waals surface area contributed by atoms with Crippen LogP contribution >= 0.6 is 0 Å². The SMILES string of the molecule is C=CC(=O)Nc1cccc(-c2nc(Nc3ccc(N(C)CCN(C)C)cc3OC)nc3[nH]ccc23)c1.C=CC(=O)Nc1cccc(-c2nc(Nc3ccc(N(C)CCN(C)C)cc3OC)nc3c2ccn3CO)c1.C=CC(=O)Nc1cccc(-c2nc(Nc3ccc(N(C)CCN(C)C)cc3OC)nc3c2ccn3COCC[Si](C)(C)C)c1. The summed E-state index contributed by atoms with van der Waals surface area (Å²) in [4.78, 5) is 80.6. The summed E-state index contributed by atoms with van der Waals surface area (Å²) in [5, 5.41) is 30.8. The Kier molecular flexibility index (Phi) is 30.4. The van der Waals surface area contributed by atoms with E-state index in [1.165, 1.54) is 18.2 Å². The number of aliphatic hydroxyl groups is 1. The molecule has 12 rings (SSSR count). The van der Waals surface area contributed by atoms with Crippen molar-refractivity contribution in [3.63, 3.8) is 0 Å². The number of fused-ring (bicyclic) bond motifs is 3. The molecule has 0 radical (unpaired) electrons. The molecule has 0 fully saturated rings. The number of benzene rings is 6. The van der Waals surface area contributed by atoms with Gasteiger partial charge in [-0.25, -0.2) is 15.0 Å². The van der Waals surface area contributed by atoms with E-state index in [-0.39, 0.29) is 24.5 Å². The molecule has 0 saturated carbocycles. The van der Waals surface area contributed by atoms with Gasteiger partial charge in [-0.05, 0) is 158 Å². The Labute approximate surface area is 691 Å². The van der Waals surface area contributed by atoms with Crippen molar-refractivity contribution in [3.05, 3.63) is 202 Å². The molecule has 0 saturated heterocycles. The number of amides is 3. The molecule has 12 aromatic rings. The van der Waals surface area contributed by atoms with Crippen LogP contribution < -0.4 is 60.8 Å². The first-order chi connectivity index (χ1) is 56.7. The highest BCUT2D eigenvalue weighted by Gasteiger charge is 2.22. The molecule has 618 valence electrons. The van der Waals surface area contributed by atoms with Crippen LogP contribution in [0.5, 0.6) is 17.2 Å². The van der Waals surface area contributed by atoms with Crippen molar-refractivity contribution in [3.8, 4) is 51.0 Å². The zero-order chi connectivity index (χ0) is 84.7. The number of hydrogen-bond donors (Lipinski definition) is 8. The Morgan fingerprint density at radius 2 is 0.822 bits per heavy atom. The van der Waals surface area contributed by atoms with Gasteiger partial charge in [0.2, 0.25) is 35.6 Å². The van der Waals surface area contributed by atoms with Crippen LogP contribution in [0.4, 0.5) is 69.0 Å². The topological polar surface area (TPSA) is 303 Å². The fourth-order valence-electron chi connectivity index (χ4n) is 12.3. The maximum absolute atomic E-state index is 12.0. The van der Waals surface area contributed by atoms with Crippen molar-refractivity contribution >= 4 is 128 Å². The van der Waals surface area contributed by atoms with Gasteiger partial charge >= 0.3 is 0 Å². The molecule has 0 aliphatic rings. The highest BCUT2D eigenvalue weighted by Crippen LogP contribution is 2.39. The number of H-pyrrole nitrogens is 1. The molecule has 6 aromatic carbocycles. The summed E-state index contributed by atoms with van der Waals surface area (Å²) in [5.74, 6) is 2.36. The molecular formula is C88H109N21O8Si. The van der Waals surface area contributed by atoms with Crippen molar-refractivity contribution in [2.24, 2.45) is 0 Å². The maximum Gasteiger partial charge on any atom is 0.247 e. The number of methoxy groups -OCH3 is 3. The molecule has 6 heterocycles. The second-order valence-corrected chi connectivity index (χ2v) is 35.6. The number of nitrogens with zero attached hydrogens (tertiary/aromatic N) is 14. The molecule has 3 amide bonds. The third kappa shape index (κ3) is 23.6. The fraction of sp³-hybridized carbons (Fsp3) is 0.284. The molecule has 0 unspecified atom stereocenters. The molecule has 30 heteroatoms. The predicted octanol–water partition coefficient (Wildman–Crippen LogP) is 14.7. The van der Waals surface area contributed by atoms with Crippen molar-refractivity contribution in [2.75, 3.05) is 177 Å². The summed E-state index contributed by atoms with van der Waals surface area (Å²) in [7, 11) is 22.2. The molecule has 0 bridgehead atoms. The van der Waals surface area contributed by atoms with Crippen LogP contribution in [0.15, 0.2) is 202 Å². The Morgan fingerprint density at radius 1 is 0.458 bits per heavy atom. The van der Waals surface area contributed by atoms with Crippen LogP contribution in [-0.4, -0.2) is 220 Å². The summed E-state index contributed by atoms with van der Waals surface area (Å²) < 4.78 is 26.8. The minimum absolute atomic E-state index is 0.230. The quantitative estimate of drug-likeness (QED) is 0.0103. The number of anilines is 12. The average molecular weight is 1620 g/mol. The molecule has 0 spiro atoms. The van der Waals surface area contributed by atoms with E-state index in [2.05, 4.69) is 164 Å². The maximum atomic E-state index is 12.0. The van der Waals surface area contributed by atoms with Crippen molar-refractivity contribution < 1.29 is 38.4 Å². The fourth-order valence-corrected chi connectivity index (χ4v) is 13.1. The van der Waals surface area contributed by atoms with E-state index in [0.29, 0.717) is 88.2 Å². The first-order valence-corrected chi connectivity index (χ1v) is 42.2. The van der Waals surface area contributed by atoms with Crippen LogP contribution in [0.3, 0.4) is 0 Å². The third-order valence-corrected chi connectivity index (χ3v) is 20.8. The normalized spacial score (nSPS) is 11.2. The number of aromatic nitrogens is 9. The zero-order valence-corrected chi connectivity index (χ0v) is 71.1. The van der Waals surface area contributed by atoms with Gasteiger partial charge in [0.25, 0.3) is 0 Å². The van der Waals surface area contributed by atoms with Gasteiger partial charge in [0, 0.05) is 179 Å². The number of aliphatic hydroxyl groups excluding tert-OH is 1. The minimum Gasteiger partial charge on any atom is -0.494 e. The van der Waals surface area contributed by atoms with Gasteiger partial charge in [0.05, 0.1) is 55.5 Å². The van der Waals surface area contributed by atoms with Crippen molar-refractivity contribution in [2.45, 2.75) is 39.1 Å². The largest absolute Gasteiger partial charge is 0.494 e. The molecule has 6 aromatic heterocycles. The Hall–Kier alpha value is -13.0. The smallest absolute Gasteiger partial charge is 0.247 e. The van der Waals surface area contributed by atoms with Gasteiger partial charge in [0.1, 0.15) is 47.7 Å². The summed E-state index contributed by atoms with van der Waals surface area (Å²) in [5.41, 5.74) is 13.8. The zero-order valence-electron chi connectivity index (χ0n) is 70.1. The molecule has 8 N–H and O–H groups in total. The lowest BCUT2D eigenvalue weighted by atomic mass is 10.1. The van der Waals surface area contributed by atoms with Crippen LogP contribution in [0.2, 0.25) is 25.7 Å².